The van der Waals surface area contributed by atoms with Gasteiger partial charge in [-0.25, -0.2) is 0 Å². The maximum atomic E-state index is 2.40. The third-order valence-corrected chi connectivity index (χ3v) is 4.71. The van der Waals surface area contributed by atoms with E-state index in [0.29, 0.717) is 0 Å². The smallest absolute Gasteiger partial charge is 0.0241 e. The van der Waals surface area contributed by atoms with Crippen LogP contribution in [0.2, 0.25) is 0 Å². The zero-order valence-corrected chi connectivity index (χ0v) is 10.5. The Labute approximate surface area is 95.8 Å². The molecule has 0 heteroatoms. The second kappa shape index (κ2) is 5.37. The van der Waals surface area contributed by atoms with Gasteiger partial charge < -0.3 is 0 Å². The molecule has 2 aliphatic carbocycles. The van der Waals surface area contributed by atoms with Crippen LogP contribution in [-0.2, 0) is 0 Å². The van der Waals surface area contributed by atoms with Gasteiger partial charge in [0, 0.05) is 0 Å². The van der Waals surface area contributed by atoms with Crippen LogP contribution in [0, 0.1) is 23.7 Å². The summed E-state index contributed by atoms with van der Waals surface area (Å²) >= 11 is 0. The quantitative estimate of drug-likeness (QED) is 0.600. The molecule has 0 spiro atoms. The third-order valence-electron chi connectivity index (χ3n) is 4.71. The van der Waals surface area contributed by atoms with E-state index in [9.17, 15) is 0 Å². The van der Waals surface area contributed by atoms with Crippen LogP contribution in [0.5, 0.6) is 0 Å². The van der Waals surface area contributed by atoms with Crippen LogP contribution in [0.15, 0.2) is 0 Å². The van der Waals surface area contributed by atoms with Crippen molar-refractivity contribution in [2.24, 2.45) is 11.8 Å². The zero-order valence-electron chi connectivity index (χ0n) is 10.5. The average molecular weight is 206 g/mol. The summed E-state index contributed by atoms with van der Waals surface area (Å²) in [6, 6.07) is 0. The minimum Gasteiger partial charge on any atom is -0.0588 e. The molecule has 2 unspecified atom stereocenters. The van der Waals surface area contributed by atoms with Crippen molar-refractivity contribution < 1.29 is 0 Å². The van der Waals surface area contributed by atoms with Gasteiger partial charge in [0.2, 0.25) is 0 Å². The van der Waals surface area contributed by atoms with Gasteiger partial charge in [-0.15, -0.1) is 0 Å². The van der Waals surface area contributed by atoms with E-state index in [1.54, 1.807) is 11.8 Å². The summed E-state index contributed by atoms with van der Waals surface area (Å²) in [5.74, 6) is 5.55. The van der Waals surface area contributed by atoms with Crippen LogP contribution in [0.3, 0.4) is 0 Å². The second-order valence-electron chi connectivity index (χ2n) is 5.81. The Hall–Kier alpha value is 0. The normalized spacial score (nSPS) is 35.6. The highest BCUT2D eigenvalue weighted by Gasteiger charge is 2.28. The number of hydrogen-bond donors (Lipinski definition) is 0. The molecule has 2 radical (unpaired) electrons. The lowest BCUT2D eigenvalue weighted by molar-refractivity contribution is 0.283. The van der Waals surface area contributed by atoms with E-state index in [0.717, 1.165) is 11.8 Å². The fraction of sp³-hybridized carbons (Fsp3) is 0.867. The summed E-state index contributed by atoms with van der Waals surface area (Å²) in [5, 5.41) is 0. The molecular weight excluding hydrogens is 180 g/mol. The predicted molar refractivity (Wildman–Crippen MR) is 66.4 cm³/mol. The summed E-state index contributed by atoms with van der Waals surface area (Å²) in [6.07, 6.45) is 13.1. The van der Waals surface area contributed by atoms with Gasteiger partial charge in [-0.05, 0) is 55.8 Å². The van der Waals surface area contributed by atoms with Gasteiger partial charge in [0.05, 0.1) is 0 Å². The third kappa shape index (κ3) is 2.98. The SMILES string of the molecule is C[C]1CCCCC1CC1CCCC[C]1C. The Morgan fingerprint density at radius 1 is 0.800 bits per heavy atom. The molecule has 0 nitrogen and oxygen atoms in total. The van der Waals surface area contributed by atoms with Crippen molar-refractivity contribution in [1.29, 1.82) is 0 Å². The van der Waals surface area contributed by atoms with Crippen LogP contribution in [0.25, 0.3) is 0 Å². The van der Waals surface area contributed by atoms with Gasteiger partial charge in [0.15, 0.2) is 0 Å². The highest BCUT2D eigenvalue weighted by atomic mass is 14.3. The molecule has 0 saturated heterocycles. The van der Waals surface area contributed by atoms with Gasteiger partial charge in [-0.2, -0.15) is 0 Å². The van der Waals surface area contributed by atoms with Crippen LogP contribution in [0.1, 0.15) is 71.6 Å². The highest BCUT2D eigenvalue weighted by Crippen LogP contribution is 2.41. The largest absolute Gasteiger partial charge is 0.0588 e. The van der Waals surface area contributed by atoms with Crippen LogP contribution in [0.4, 0.5) is 0 Å². The number of rotatable bonds is 2. The van der Waals surface area contributed by atoms with Crippen LogP contribution >= 0.6 is 0 Å². The molecule has 0 aromatic heterocycles. The van der Waals surface area contributed by atoms with Crippen molar-refractivity contribution in [1.82, 2.24) is 0 Å². The van der Waals surface area contributed by atoms with E-state index in [4.69, 9.17) is 0 Å². The minimum atomic E-state index is 0.969. The monoisotopic (exact) mass is 206 g/mol. The molecule has 0 N–H and O–H groups in total. The fourth-order valence-corrected chi connectivity index (χ4v) is 3.47. The first-order valence-corrected chi connectivity index (χ1v) is 6.92. The van der Waals surface area contributed by atoms with Crippen molar-refractivity contribution in [3.8, 4) is 0 Å². The first-order chi connectivity index (χ1) is 7.27. The Kier molecular flexibility index (Phi) is 4.11. The molecule has 0 amide bonds. The average Bonchev–Trinajstić information content (AvgIpc) is 2.24. The molecule has 86 valence electrons. The molecule has 2 rings (SSSR count). The van der Waals surface area contributed by atoms with Crippen LogP contribution < -0.4 is 0 Å². The predicted octanol–water partition coefficient (Wildman–Crippen LogP) is 4.95. The van der Waals surface area contributed by atoms with E-state index in [1.165, 1.54) is 57.8 Å². The molecule has 2 aliphatic rings. The molecular formula is C15H26. The molecule has 0 aromatic rings. The molecule has 2 fully saturated rings. The van der Waals surface area contributed by atoms with E-state index in [1.807, 2.05) is 0 Å². The van der Waals surface area contributed by atoms with Crippen molar-refractivity contribution >= 4 is 0 Å². The van der Waals surface area contributed by atoms with Gasteiger partial charge in [0.1, 0.15) is 0 Å². The maximum Gasteiger partial charge on any atom is -0.0241 e. The Morgan fingerprint density at radius 2 is 1.27 bits per heavy atom. The molecule has 0 heterocycles. The molecule has 2 atom stereocenters. The molecule has 0 aliphatic heterocycles. The molecule has 0 bridgehead atoms. The van der Waals surface area contributed by atoms with Gasteiger partial charge in [0.25, 0.3) is 0 Å². The maximum absolute atomic E-state index is 2.40. The number of hydrogen-bond acceptors (Lipinski definition) is 0. The van der Waals surface area contributed by atoms with Crippen molar-refractivity contribution in [3.05, 3.63) is 11.8 Å². The molecule has 15 heavy (non-hydrogen) atoms. The highest BCUT2D eigenvalue weighted by molar-refractivity contribution is 5.01. The minimum absolute atomic E-state index is 0.969. The van der Waals surface area contributed by atoms with Gasteiger partial charge >= 0.3 is 0 Å². The first-order valence-electron chi connectivity index (χ1n) is 6.92. The Balaban J connectivity index is 1.83. The van der Waals surface area contributed by atoms with E-state index in [-0.39, 0.29) is 0 Å². The van der Waals surface area contributed by atoms with Crippen molar-refractivity contribution in [2.75, 3.05) is 0 Å². The van der Waals surface area contributed by atoms with Crippen molar-refractivity contribution in [3.63, 3.8) is 0 Å². The summed E-state index contributed by atoms with van der Waals surface area (Å²) in [6.45, 7) is 4.81. The summed E-state index contributed by atoms with van der Waals surface area (Å²) in [7, 11) is 0. The first kappa shape index (κ1) is 11.5. The van der Waals surface area contributed by atoms with Gasteiger partial charge in [-0.3, -0.25) is 0 Å². The lowest BCUT2D eigenvalue weighted by atomic mass is 9.70. The van der Waals surface area contributed by atoms with E-state index in [2.05, 4.69) is 13.8 Å². The molecule has 2 saturated carbocycles. The standard InChI is InChI=1S/C15H26/c1-12-7-3-5-9-14(12)11-15-10-6-4-8-13(15)2/h14-15H,3-11H2,1-2H3. The van der Waals surface area contributed by atoms with Crippen molar-refractivity contribution in [2.45, 2.75) is 71.6 Å². The lowest BCUT2D eigenvalue weighted by Crippen LogP contribution is -2.23. The van der Waals surface area contributed by atoms with Crippen LogP contribution in [-0.4, -0.2) is 0 Å². The summed E-state index contributed by atoms with van der Waals surface area (Å²) in [4.78, 5) is 0. The van der Waals surface area contributed by atoms with E-state index >= 15 is 0 Å². The zero-order chi connectivity index (χ0) is 10.7. The fourth-order valence-electron chi connectivity index (χ4n) is 3.47. The molecule has 0 aromatic carbocycles. The second-order valence-corrected chi connectivity index (χ2v) is 5.81. The Morgan fingerprint density at radius 3 is 1.67 bits per heavy atom. The summed E-state index contributed by atoms with van der Waals surface area (Å²) in [5.41, 5.74) is 0. The Bertz CT molecular complexity index is 164. The van der Waals surface area contributed by atoms with E-state index < -0.39 is 0 Å². The topological polar surface area (TPSA) is 0 Å². The summed E-state index contributed by atoms with van der Waals surface area (Å²) < 4.78 is 0. The van der Waals surface area contributed by atoms with Gasteiger partial charge in [-0.1, -0.05) is 39.5 Å². The lowest BCUT2D eigenvalue weighted by Gasteiger charge is -2.35.